The predicted molar refractivity (Wildman–Crippen MR) is 120 cm³/mol. The molecule has 6 heteroatoms. The topological polar surface area (TPSA) is 84.1 Å². The summed E-state index contributed by atoms with van der Waals surface area (Å²) in [5, 5.41) is 12.5. The van der Waals surface area contributed by atoms with Gasteiger partial charge in [0, 0.05) is 24.0 Å². The molecule has 2 aliphatic carbocycles. The second-order valence-corrected chi connectivity index (χ2v) is 9.33. The molecule has 0 spiro atoms. The van der Waals surface area contributed by atoms with Crippen LogP contribution in [0.25, 0.3) is 6.08 Å². The van der Waals surface area contributed by atoms with Gasteiger partial charge in [-0.3, -0.25) is 4.79 Å². The van der Waals surface area contributed by atoms with Crippen LogP contribution in [0.3, 0.4) is 0 Å². The van der Waals surface area contributed by atoms with Crippen molar-refractivity contribution in [2.45, 2.75) is 85.4 Å². The second-order valence-electron chi connectivity index (χ2n) is 9.33. The summed E-state index contributed by atoms with van der Waals surface area (Å²) in [6, 6.07) is 3.96. The molecule has 1 amide bonds. The first kappa shape index (κ1) is 23.1. The summed E-state index contributed by atoms with van der Waals surface area (Å²) in [6.07, 6.45) is 6.65. The van der Waals surface area contributed by atoms with E-state index in [4.69, 9.17) is 4.74 Å². The minimum absolute atomic E-state index is 0.0684. The fraction of sp³-hybridized carbons (Fsp3) is 0.640. The number of rotatable bonds is 8. The molecule has 2 saturated carbocycles. The van der Waals surface area contributed by atoms with Gasteiger partial charge in [-0.2, -0.15) is 5.26 Å². The number of ether oxygens (including phenoxy) is 1. The second kappa shape index (κ2) is 9.72. The SMILES string of the molecule is CCCn1c(C)cc(/C=C(/C#N)C(=O)OC(C)C(=O)NC(C)C2CC3CCC2C3)c1C. The first-order chi connectivity index (χ1) is 14.7. The van der Waals surface area contributed by atoms with Gasteiger partial charge in [0.25, 0.3) is 5.91 Å². The van der Waals surface area contributed by atoms with Crippen molar-refractivity contribution < 1.29 is 14.3 Å². The Morgan fingerprint density at radius 1 is 1.32 bits per heavy atom. The van der Waals surface area contributed by atoms with Crippen LogP contribution in [0.15, 0.2) is 11.6 Å². The third-order valence-electron chi connectivity index (χ3n) is 7.16. The Hall–Kier alpha value is -2.55. The number of amides is 1. The van der Waals surface area contributed by atoms with Crippen LogP contribution < -0.4 is 5.32 Å². The maximum Gasteiger partial charge on any atom is 0.349 e. The molecule has 1 N–H and O–H groups in total. The molecule has 168 valence electrons. The van der Waals surface area contributed by atoms with Gasteiger partial charge < -0.3 is 14.6 Å². The summed E-state index contributed by atoms with van der Waals surface area (Å²) in [4.78, 5) is 25.2. The highest BCUT2D eigenvalue weighted by atomic mass is 16.5. The number of aryl methyl sites for hydroxylation is 1. The summed E-state index contributed by atoms with van der Waals surface area (Å²) in [5.41, 5.74) is 2.81. The molecule has 31 heavy (non-hydrogen) atoms. The van der Waals surface area contributed by atoms with Gasteiger partial charge in [0.2, 0.25) is 0 Å². The Balaban J connectivity index is 1.61. The fourth-order valence-corrected chi connectivity index (χ4v) is 5.47. The first-order valence-electron chi connectivity index (χ1n) is 11.5. The Kier molecular flexibility index (Phi) is 7.25. The molecule has 3 rings (SSSR count). The summed E-state index contributed by atoms with van der Waals surface area (Å²) < 4.78 is 7.50. The Bertz CT molecular complexity index is 908. The van der Waals surface area contributed by atoms with E-state index in [1.54, 1.807) is 13.0 Å². The summed E-state index contributed by atoms with van der Waals surface area (Å²) >= 11 is 0. The average molecular weight is 426 g/mol. The monoisotopic (exact) mass is 425 g/mol. The maximum atomic E-state index is 12.6. The van der Waals surface area contributed by atoms with Crippen LogP contribution in [0.1, 0.15) is 69.8 Å². The van der Waals surface area contributed by atoms with Crippen molar-refractivity contribution in [2.75, 3.05) is 0 Å². The number of hydrogen-bond acceptors (Lipinski definition) is 4. The van der Waals surface area contributed by atoms with Gasteiger partial charge in [-0.25, -0.2) is 4.79 Å². The zero-order valence-electron chi connectivity index (χ0n) is 19.4. The fourth-order valence-electron chi connectivity index (χ4n) is 5.47. The van der Waals surface area contributed by atoms with Crippen LogP contribution in [0.2, 0.25) is 0 Å². The minimum atomic E-state index is -0.946. The highest BCUT2D eigenvalue weighted by Gasteiger charge is 2.42. The predicted octanol–water partition coefficient (Wildman–Crippen LogP) is 4.29. The number of nitrogens with one attached hydrogen (secondary N) is 1. The largest absolute Gasteiger partial charge is 0.448 e. The molecular weight excluding hydrogens is 390 g/mol. The molecule has 6 nitrogen and oxygen atoms in total. The number of hydrogen-bond donors (Lipinski definition) is 1. The van der Waals surface area contributed by atoms with Crippen molar-refractivity contribution >= 4 is 18.0 Å². The minimum Gasteiger partial charge on any atom is -0.448 e. The van der Waals surface area contributed by atoms with Crippen LogP contribution >= 0.6 is 0 Å². The number of esters is 1. The molecule has 2 aliphatic rings. The van der Waals surface area contributed by atoms with E-state index in [9.17, 15) is 14.9 Å². The van der Waals surface area contributed by atoms with Gasteiger partial charge in [0.1, 0.15) is 11.6 Å². The lowest BCUT2D eigenvalue weighted by Crippen LogP contribution is -2.45. The van der Waals surface area contributed by atoms with Crippen molar-refractivity contribution in [2.24, 2.45) is 17.8 Å². The molecule has 1 heterocycles. The smallest absolute Gasteiger partial charge is 0.349 e. The van der Waals surface area contributed by atoms with Crippen LogP contribution in [-0.4, -0.2) is 28.6 Å². The lowest BCUT2D eigenvalue weighted by Gasteiger charge is -2.29. The molecule has 0 radical (unpaired) electrons. The molecule has 2 fully saturated rings. The van der Waals surface area contributed by atoms with Gasteiger partial charge in [0.05, 0.1) is 0 Å². The van der Waals surface area contributed by atoms with Crippen LogP contribution in [-0.2, 0) is 20.9 Å². The molecule has 1 aromatic heterocycles. The molecule has 5 unspecified atom stereocenters. The average Bonchev–Trinajstić information content (AvgIpc) is 3.43. The Morgan fingerprint density at radius 3 is 2.65 bits per heavy atom. The zero-order valence-corrected chi connectivity index (χ0v) is 19.4. The van der Waals surface area contributed by atoms with E-state index in [0.717, 1.165) is 35.8 Å². The summed E-state index contributed by atoms with van der Waals surface area (Å²) in [5.74, 6) is 0.962. The summed E-state index contributed by atoms with van der Waals surface area (Å²) in [7, 11) is 0. The number of aromatic nitrogens is 1. The Morgan fingerprint density at radius 2 is 2.06 bits per heavy atom. The van der Waals surface area contributed by atoms with Crippen molar-refractivity contribution in [3.63, 3.8) is 0 Å². The third-order valence-corrected chi connectivity index (χ3v) is 7.16. The highest BCUT2D eigenvalue weighted by Crippen LogP contribution is 2.49. The number of fused-ring (bicyclic) bond motifs is 2. The van der Waals surface area contributed by atoms with E-state index in [-0.39, 0.29) is 17.5 Å². The van der Waals surface area contributed by atoms with Crippen molar-refractivity contribution in [3.05, 3.63) is 28.6 Å². The van der Waals surface area contributed by atoms with E-state index in [2.05, 4.69) is 16.8 Å². The number of carbonyl (C=O) groups is 2. The van der Waals surface area contributed by atoms with E-state index in [1.165, 1.54) is 25.7 Å². The van der Waals surface area contributed by atoms with Crippen LogP contribution in [0.5, 0.6) is 0 Å². The first-order valence-corrected chi connectivity index (χ1v) is 11.5. The van der Waals surface area contributed by atoms with E-state index < -0.39 is 12.1 Å². The van der Waals surface area contributed by atoms with Crippen molar-refractivity contribution in [3.8, 4) is 6.07 Å². The van der Waals surface area contributed by atoms with Gasteiger partial charge in [-0.05, 0) is 88.8 Å². The maximum absolute atomic E-state index is 12.6. The normalized spacial score (nSPS) is 24.5. The lowest BCUT2D eigenvalue weighted by atomic mass is 9.84. The quantitative estimate of drug-likeness (QED) is 0.382. The highest BCUT2D eigenvalue weighted by molar-refractivity contribution is 5.99. The molecule has 0 saturated heterocycles. The van der Waals surface area contributed by atoms with Crippen molar-refractivity contribution in [1.82, 2.24) is 9.88 Å². The van der Waals surface area contributed by atoms with E-state index in [0.29, 0.717) is 11.8 Å². The molecule has 0 aromatic carbocycles. The number of carbonyl (C=O) groups excluding carboxylic acids is 2. The van der Waals surface area contributed by atoms with Crippen LogP contribution in [0, 0.1) is 42.9 Å². The molecule has 0 aliphatic heterocycles. The third kappa shape index (κ3) is 5.03. The van der Waals surface area contributed by atoms with E-state index in [1.807, 2.05) is 32.9 Å². The molecule has 1 aromatic rings. The standard InChI is InChI=1S/C25H35N3O3/c1-6-9-28-15(2)10-21(17(28)4)13-22(14-26)25(30)31-18(5)24(29)27-16(3)23-12-19-7-8-20(23)11-19/h10,13,16,18-20,23H,6-9,11-12H2,1-5H3,(H,27,29)/b22-13-. The Labute approximate surface area is 185 Å². The van der Waals surface area contributed by atoms with Gasteiger partial charge in [-0.1, -0.05) is 13.3 Å². The lowest BCUT2D eigenvalue weighted by molar-refractivity contribution is -0.151. The number of nitrogens with zero attached hydrogens (tertiary/aromatic N) is 2. The molecule has 5 atom stereocenters. The van der Waals surface area contributed by atoms with Gasteiger partial charge in [-0.15, -0.1) is 0 Å². The van der Waals surface area contributed by atoms with Gasteiger partial charge in [0.15, 0.2) is 6.10 Å². The van der Waals surface area contributed by atoms with E-state index >= 15 is 0 Å². The van der Waals surface area contributed by atoms with Crippen LogP contribution in [0.4, 0.5) is 0 Å². The molecule has 2 bridgehead atoms. The number of nitriles is 1. The zero-order chi connectivity index (χ0) is 22.7. The molecular formula is C25H35N3O3. The van der Waals surface area contributed by atoms with Crippen molar-refractivity contribution in [1.29, 1.82) is 5.26 Å². The van der Waals surface area contributed by atoms with Gasteiger partial charge >= 0.3 is 5.97 Å². The summed E-state index contributed by atoms with van der Waals surface area (Å²) in [6.45, 7) is 10.6.